The number of nitrogens with zero attached hydrogens (tertiary/aromatic N) is 1. The highest BCUT2D eigenvalue weighted by Crippen LogP contribution is 2.45. The number of hydrogen-bond acceptors (Lipinski definition) is 3. The van der Waals surface area contributed by atoms with Crippen LogP contribution >= 0.6 is 11.3 Å². The van der Waals surface area contributed by atoms with Gasteiger partial charge in [-0.25, -0.2) is 4.98 Å². The van der Waals surface area contributed by atoms with Crippen LogP contribution in [0.4, 0.5) is 0 Å². The van der Waals surface area contributed by atoms with Gasteiger partial charge >= 0.3 is 0 Å². The van der Waals surface area contributed by atoms with Crippen molar-refractivity contribution in [1.29, 1.82) is 0 Å². The van der Waals surface area contributed by atoms with Gasteiger partial charge in [-0.1, -0.05) is 20.8 Å². The zero-order valence-electron chi connectivity index (χ0n) is 10.4. The summed E-state index contributed by atoms with van der Waals surface area (Å²) in [7, 11) is 0. The Hall–Kier alpha value is -0.410. The Bertz CT molecular complexity index is 331. The average Bonchev–Trinajstić information content (AvgIpc) is 2.70. The minimum absolute atomic E-state index is 0.365. The molecule has 1 saturated carbocycles. The van der Waals surface area contributed by atoms with Crippen molar-refractivity contribution in [2.24, 2.45) is 11.3 Å². The van der Waals surface area contributed by atoms with Gasteiger partial charge in [0.1, 0.15) is 10.6 Å². The van der Waals surface area contributed by atoms with Crippen molar-refractivity contribution < 1.29 is 5.11 Å². The smallest absolute Gasteiger partial charge is 0.124 e. The van der Waals surface area contributed by atoms with Gasteiger partial charge in [-0.3, -0.25) is 0 Å². The predicted octanol–water partition coefficient (Wildman–Crippen LogP) is 3.57. The van der Waals surface area contributed by atoms with Crippen molar-refractivity contribution >= 4 is 11.3 Å². The van der Waals surface area contributed by atoms with E-state index in [2.05, 4.69) is 25.8 Å². The lowest BCUT2D eigenvalue weighted by Crippen LogP contribution is -2.35. The summed E-state index contributed by atoms with van der Waals surface area (Å²) >= 11 is 1.58. The maximum Gasteiger partial charge on any atom is 0.124 e. The van der Waals surface area contributed by atoms with Crippen molar-refractivity contribution in [2.45, 2.75) is 52.1 Å². The SMILES string of the molecule is CC(C)(C)C1CCC(O)(c2nccs2)CC1. The molecule has 3 heteroatoms. The number of hydrogen-bond donors (Lipinski definition) is 1. The maximum absolute atomic E-state index is 10.6. The lowest BCUT2D eigenvalue weighted by Gasteiger charge is -2.40. The van der Waals surface area contributed by atoms with E-state index in [1.807, 2.05) is 5.38 Å². The molecule has 1 aliphatic carbocycles. The minimum atomic E-state index is -0.643. The molecule has 1 N–H and O–H groups in total. The van der Waals surface area contributed by atoms with Crippen LogP contribution in [0.15, 0.2) is 11.6 Å². The van der Waals surface area contributed by atoms with Gasteiger partial charge in [0.15, 0.2) is 0 Å². The highest BCUT2D eigenvalue weighted by Gasteiger charge is 2.39. The van der Waals surface area contributed by atoms with Gasteiger partial charge in [0.25, 0.3) is 0 Å². The molecule has 0 aromatic carbocycles. The molecule has 0 radical (unpaired) electrons. The molecular formula is C13H21NOS. The molecule has 0 bridgehead atoms. The van der Waals surface area contributed by atoms with Crippen molar-refractivity contribution in [3.05, 3.63) is 16.6 Å². The fourth-order valence-electron chi connectivity index (χ4n) is 2.63. The second-order valence-corrected chi connectivity index (χ2v) is 6.90. The number of thiazole rings is 1. The van der Waals surface area contributed by atoms with Crippen molar-refractivity contribution in [2.75, 3.05) is 0 Å². The number of aromatic nitrogens is 1. The van der Waals surface area contributed by atoms with E-state index in [0.29, 0.717) is 5.41 Å². The Morgan fingerprint density at radius 3 is 2.44 bits per heavy atom. The molecule has 2 nitrogen and oxygen atoms in total. The molecule has 16 heavy (non-hydrogen) atoms. The Kier molecular flexibility index (Phi) is 3.10. The molecular weight excluding hydrogens is 218 g/mol. The summed E-state index contributed by atoms with van der Waals surface area (Å²) in [5.74, 6) is 0.729. The molecule has 0 amide bonds. The van der Waals surface area contributed by atoms with Crippen LogP contribution in [0.2, 0.25) is 0 Å². The second-order valence-electron chi connectivity index (χ2n) is 6.01. The van der Waals surface area contributed by atoms with Crippen LogP contribution in [-0.2, 0) is 5.60 Å². The standard InChI is InChI=1S/C13H21NOS/c1-12(2,3)10-4-6-13(15,7-5-10)11-14-8-9-16-11/h8-10,15H,4-7H2,1-3H3. The van der Waals surface area contributed by atoms with Crippen LogP contribution in [0.1, 0.15) is 51.5 Å². The van der Waals surface area contributed by atoms with Gasteiger partial charge in [0.2, 0.25) is 0 Å². The van der Waals surface area contributed by atoms with E-state index in [0.717, 1.165) is 36.6 Å². The first kappa shape index (κ1) is 12.1. The minimum Gasteiger partial charge on any atom is -0.383 e. The van der Waals surface area contributed by atoms with Crippen molar-refractivity contribution in [3.8, 4) is 0 Å². The number of aliphatic hydroxyl groups is 1. The third-order valence-corrected chi connectivity index (χ3v) is 4.83. The normalized spacial score (nSPS) is 31.6. The molecule has 1 fully saturated rings. The highest BCUT2D eigenvalue weighted by atomic mass is 32.1. The van der Waals surface area contributed by atoms with Crippen LogP contribution in [0, 0.1) is 11.3 Å². The predicted molar refractivity (Wildman–Crippen MR) is 67.4 cm³/mol. The summed E-state index contributed by atoms with van der Waals surface area (Å²) in [6.45, 7) is 6.89. The lowest BCUT2D eigenvalue weighted by atomic mass is 9.68. The highest BCUT2D eigenvalue weighted by molar-refractivity contribution is 7.09. The Balaban J connectivity index is 2.05. The van der Waals surface area contributed by atoms with Gasteiger partial charge in [-0.05, 0) is 37.0 Å². The summed E-state index contributed by atoms with van der Waals surface area (Å²) in [4.78, 5) is 4.27. The van der Waals surface area contributed by atoms with E-state index in [1.165, 1.54) is 0 Å². The first-order valence-electron chi connectivity index (χ1n) is 6.04. The number of rotatable bonds is 1. The van der Waals surface area contributed by atoms with Crippen molar-refractivity contribution in [1.82, 2.24) is 4.98 Å². The molecule has 0 aliphatic heterocycles. The van der Waals surface area contributed by atoms with Crippen LogP contribution < -0.4 is 0 Å². The molecule has 1 aliphatic rings. The summed E-state index contributed by atoms with van der Waals surface area (Å²) in [6, 6.07) is 0. The fourth-order valence-corrected chi connectivity index (χ4v) is 3.42. The second kappa shape index (κ2) is 4.11. The topological polar surface area (TPSA) is 33.1 Å². The largest absolute Gasteiger partial charge is 0.383 e. The van der Waals surface area contributed by atoms with Crippen LogP contribution in [0.25, 0.3) is 0 Å². The molecule has 1 aromatic rings. The maximum atomic E-state index is 10.6. The van der Waals surface area contributed by atoms with Gasteiger partial charge in [-0.2, -0.15) is 0 Å². The molecule has 1 heterocycles. The Labute approximate surface area is 102 Å². The summed E-state index contributed by atoms with van der Waals surface area (Å²) in [5.41, 5.74) is -0.278. The van der Waals surface area contributed by atoms with E-state index in [4.69, 9.17) is 0 Å². The van der Waals surface area contributed by atoms with E-state index < -0.39 is 5.60 Å². The quantitative estimate of drug-likeness (QED) is 0.812. The third-order valence-electron chi connectivity index (χ3n) is 3.87. The summed E-state index contributed by atoms with van der Waals surface area (Å²) in [6.07, 6.45) is 5.73. The first-order chi connectivity index (χ1) is 7.42. The zero-order chi connectivity index (χ0) is 11.8. The van der Waals surface area contributed by atoms with E-state index in [9.17, 15) is 5.11 Å². The monoisotopic (exact) mass is 239 g/mol. The van der Waals surface area contributed by atoms with E-state index in [-0.39, 0.29) is 0 Å². The summed E-state index contributed by atoms with van der Waals surface area (Å²) in [5, 5.41) is 13.4. The first-order valence-corrected chi connectivity index (χ1v) is 6.92. The van der Waals surface area contributed by atoms with Crippen LogP contribution in [0.5, 0.6) is 0 Å². The van der Waals surface area contributed by atoms with Crippen LogP contribution in [0.3, 0.4) is 0 Å². The molecule has 0 atom stereocenters. The van der Waals surface area contributed by atoms with Gasteiger partial charge in [0, 0.05) is 11.6 Å². The average molecular weight is 239 g/mol. The fraction of sp³-hybridized carbons (Fsp3) is 0.769. The van der Waals surface area contributed by atoms with E-state index in [1.54, 1.807) is 17.5 Å². The van der Waals surface area contributed by atoms with Gasteiger partial charge in [0.05, 0.1) is 0 Å². The molecule has 1 aromatic heterocycles. The van der Waals surface area contributed by atoms with Gasteiger partial charge in [-0.15, -0.1) is 11.3 Å². The summed E-state index contributed by atoms with van der Waals surface area (Å²) < 4.78 is 0. The molecule has 90 valence electrons. The van der Waals surface area contributed by atoms with E-state index >= 15 is 0 Å². The Morgan fingerprint density at radius 2 is 2.00 bits per heavy atom. The molecule has 0 saturated heterocycles. The van der Waals surface area contributed by atoms with Crippen LogP contribution in [-0.4, -0.2) is 10.1 Å². The molecule has 0 spiro atoms. The Morgan fingerprint density at radius 1 is 1.38 bits per heavy atom. The zero-order valence-corrected chi connectivity index (χ0v) is 11.2. The van der Waals surface area contributed by atoms with Gasteiger partial charge < -0.3 is 5.11 Å². The lowest BCUT2D eigenvalue weighted by molar-refractivity contribution is -0.0299. The molecule has 0 unspecified atom stereocenters. The molecule has 2 rings (SSSR count). The third kappa shape index (κ3) is 2.30. The van der Waals surface area contributed by atoms with Crippen molar-refractivity contribution in [3.63, 3.8) is 0 Å².